The van der Waals surface area contributed by atoms with Crippen LogP contribution in [0.1, 0.15) is 5.56 Å². The van der Waals surface area contributed by atoms with Crippen molar-refractivity contribution in [2.24, 2.45) is 0 Å². The summed E-state index contributed by atoms with van der Waals surface area (Å²) in [5.41, 5.74) is 6.69. The highest BCUT2D eigenvalue weighted by atomic mass is 15.1. The van der Waals surface area contributed by atoms with E-state index in [0.29, 0.717) is 11.6 Å². The maximum absolute atomic E-state index is 5.56. The normalized spacial score (nSPS) is 9.93. The topological polar surface area (TPSA) is 63.8 Å². The van der Waals surface area contributed by atoms with Crippen molar-refractivity contribution in [1.29, 1.82) is 0 Å². The number of aromatic nitrogens is 2. The smallest absolute Gasteiger partial charge is 0.133 e. The lowest BCUT2D eigenvalue weighted by molar-refractivity contribution is 1.23. The zero-order valence-electron chi connectivity index (χ0n) is 8.44. The van der Waals surface area contributed by atoms with Crippen LogP contribution >= 0.6 is 0 Å². The first-order valence-electron chi connectivity index (χ1n) is 4.66. The van der Waals surface area contributed by atoms with Crippen molar-refractivity contribution in [3.05, 3.63) is 42.1 Å². The molecule has 2 rings (SSSR count). The number of pyridine rings is 2. The number of anilines is 3. The molecule has 0 aliphatic carbocycles. The van der Waals surface area contributed by atoms with Crippen LogP contribution in [0.3, 0.4) is 0 Å². The zero-order chi connectivity index (χ0) is 10.7. The summed E-state index contributed by atoms with van der Waals surface area (Å²) < 4.78 is 0. The molecule has 15 heavy (non-hydrogen) atoms. The van der Waals surface area contributed by atoms with Crippen LogP contribution in [0.4, 0.5) is 17.5 Å². The summed E-state index contributed by atoms with van der Waals surface area (Å²) in [6.45, 7) is 2.00. The largest absolute Gasteiger partial charge is 0.384 e. The van der Waals surface area contributed by atoms with Gasteiger partial charge in [0.1, 0.15) is 17.5 Å². The fraction of sp³-hybridized carbons (Fsp3) is 0.0909. The molecule has 0 fully saturated rings. The van der Waals surface area contributed by atoms with Crippen molar-refractivity contribution >= 4 is 17.5 Å². The number of nitrogen functional groups attached to an aromatic ring is 1. The average Bonchev–Trinajstić information content (AvgIpc) is 2.22. The van der Waals surface area contributed by atoms with E-state index in [4.69, 9.17) is 5.73 Å². The fourth-order valence-electron chi connectivity index (χ4n) is 1.19. The molecule has 0 unspecified atom stereocenters. The molecule has 2 aromatic heterocycles. The first kappa shape index (κ1) is 9.45. The quantitative estimate of drug-likeness (QED) is 0.779. The molecule has 0 aliphatic heterocycles. The Morgan fingerprint density at radius 2 is 2.00 bits per heavy atom. The predicted octanol–water partition coefficient (Wildman–Crippen LogP) is 2.11. The van der Waals surface area contributed by atoms with Crippen LogP contribution in [0.2, 0.25) is 0 Å². The van der Waals surface area contributed by atoms with E-state index in [2.05, 4.69) is 15.3 Å². The van der Waals surface area contributed by atoms with Crippen molar-refractivity contribution in [1.82, 2.24) is 9.97 Å². The SMILES string of the molecule is Cc1ccc(Nc2cccc(N)n2)nc1. The third kappa shape index (κ3) is 2.43. The van der Waals surface area contributed by atoms with Gasteiger partial charge < -0.3 is 11.1 Å². The number of hydrogen-bond donors (Lipinski definition) is 2. The maximum Gasteiger partial charge on any atom is 0.133 e. The van der Waals surface area contributed by atoms with Crippen molar-refractivity contribution in [2.45, 2.75) is 6.92 Å². The summed E-state index contributed by atoms with van der Waals surface area (Å²) in [5.74, 6) is 1.96. The van der Waals surface area contributed by atoms with Crippen molar-refractivity contribution in [3.63, 3.8) is 0 Å². The highest BCUT2D eigenvalue weighted by molar-refractivity contribution is 5.53. The Balaban J connectivity index is 2.18. The molecule has 3 N–H and O–H groups in total. The zero-order valence-corrected chi connectivity index (χ0v) is 8.44. The van der Waals surface area contributed by atoms with Crippen molar-refractivity contribution in [2.75, 3.05) is 11.1 Å². The van der Waals surface area contributed by atoms with Crippen LogP contribution < -0.4 is 11.1 Å². The molecule has 0 saturated heterocycles. The highest BCUT2D eigenvalue weighted by Crippen LogP contribution is 2.12. The van der Waals surface area contributed by atoms with Crippen LogP contribution in [-0.4, -0.2) is 9.97 Å². The van der Waals surface area contributed by atoms with Gasteiger partial charge in [-0.05, 0) is 30.7 Å². The molecular weight excluding hydrogens is 188 g/mol. The Bertz CT molecular complexity index is 450. The van der Waals surface area contributed by atoms with E-state index in [9.17, 15) is 0 Å². The lowest BCUT2D eigenvalue weighted by Crippen LogP contribution is -1.98. The van der Waals surface area contributed by atoms with Crippen LogP contribution in [0, 0.1) is 6.92 Å². The van der Waals surface area contributed by atoms with Crippen molar-refractivity contribution in [3.8, 4) is 0 Å². The third-order valence-electron chi connectivity index (χ3n) is 1.94. The molecule has 0 spiro atoms. The van der Waals surface area contributed by atoms with Gasteiger partial charge in [0, 0.05) is 6.20 Å². The van der Waals surface area contributed by atoms with Gasteiger partial charge in [0.25, 0.3) is 0 Å². The Labute approximate surface area is 88.2 Å². The molecule has 0 atom stereocenters. The molecule has 0 aliphatic rings. The van der Waals surface area contributed by atoms with Gasteiger partial charge in [0.05, 0.1) is 0 Å². The molecule has 2 heterocycles. The van der Waals surface area contributed by atoms with E-state index in [0.717, 1.165) is 11.4 Å². The predicted molar refractivity (Wildman–Crippen MR) is 60.9 cm³/mol. The van der Waals surface area contributed by atoms with Crippen LogP contribution in [0.5, 0.6) is 0 Å². The van der Waals surface area contributed by atoms with Gasteiger partial charge in [0.2, 0.25) is 0 Å². The second-order valence-electron chi connectivity index (χ2n) is 3.29. The minimum Gasteiger partial charge on any atom is -0.384 e. The number of nitrogens with one attached hydrogen (secondary N) is 1. The molecule has 2 aromatic rings. The Morgan fingerprint density at radius 1 is 1.13 bits per heavy atom. The van der Waals surface area contributed by atoms with Gasteiger partial charge in [-0.1, -0.05) is 12.1 Å². The van der Waals surface area contributed by atoms with E-state index in [1.54, 1.807) is 12.3 Å². The Hall–Kier alpha value is -2.10. The van der Waals surface area contributed by atoms with Crippen molar-refractivity contribution < 1.29 is 0 Å². The molecule has 0 amide bonds. The molecule has 0 saturated carbocycles. The summed E-state index contributed by atoms with van der Waals surface area (Å²) in [7, 11) is 0. The van der Waals surface area contributed by atoms with Gasteiger partial charge in [-0.15, -0.1) is 0 Å². The summed E-state index contributed by atoms with van der Waals surface area (Å²) in [6, 6.07) is 9.33. The lowest BCUT2D eigenvalue weighted by atomic mass is 10.3. The Kier molecular flexibility index (Phi) is 2.49. The minimum absolute atomic E-state index is 0.493. The molecule has 76 valence electrons. The molecule has 4 heteroatoms. The fourth-order valence-corrected chi connectivity index (χ4v) is 1.19. The van der Waals surface area contributed by atoms with Gasteiger partial charge in [-0.3, -0.25) is 0 Å². The summed E-state index contributed by atoms with van der Waals surface area (Å²) in [6.07, 6.45) is 1.80. The molecule has 0 aromatic carbocycles. The molecule has 4 nitrogen and oxygen atoms in total. The number of nitrogens with zero attached hydrogens (tertiary/aromatic N) is 2. The van der Waals surface area contributed by atoms with E-state index in [-0.39, 0.29) is 0 Å². The maximum atomic E-state index is 5.56. The summed E-state index contributed by atoms with van der Waals surface area (Å²) >= 11 is 0. The minimum atomic E-state index is 0.493. The average molecular weight is 200 g/mol. The second-order valence-corrected chi connectivity index (χ2v) is 3.29. The lowest BCUT2D eigenvalue weighted by Gasteiger charge is -2.04. The number of nitrogens with two attached hydrogens (primary N) is 1. The summed E-state index contributed by atoms with van der Waals surface area (Å²) in [4.78, 5) is 8.33. The van der Waals surface area contributed by atoms with Gasteiger partial charge in [-0.25, -0.2) is 9.97 Å². The monoisotopic (exact) mass is 200 g/mol. The third-order valence-corrected chi connectivity index (χ3v) is 1.94. The van der Waals surface area contributed by atoms with Crippen LogP contribution in [-0.2, 0) is 0 Å². The first-order valence-corrected chi connectivity index (χ1v) is 4.66. The first-order chi connectivity index (χ1) is 7.24. The van der Waals surface area contributed by atoms with Crippen LogP contribution in [0.25, 0.3) is 0 Å². The van der Waals surface area contributed by atoms with E-state index in [1.165, 1.54) is 0 Å². The highest BCUT2D eigenvalue weighted by Gasteiger charge is 1.96. The number of rotatable bonds is 2. The molecule has 0 bridgehead atoms. The number of aryl methyl sites for hydroxylation is 1. The van der Waals surface area contributed by atoms with Gasteiger partial charge >= 0.3 is 0 Å². The second kappa shape index (κ2) is 3.96. The summed E-state index contributed by atoms with van der Waals surface area (Å²) in [5, 5.41) is 3.07. The Morgan fingerprint density at radius 3 is 2.67 bits per heavy atom. The molecular formula is C11H12N4. The molecule has 0 radical (unpaired) electrons. The van der Waals surface area contributed by atoms with E-state index >= 15 is 0 Å². The number of hydrogen-bond acceptors (Lipinski definition) is 4. The van der Waals surface area contributed by atoms with Crippen LogP contribution in [0.15, 0.2) is 36.5 Å². The van der Waals surface area contributed by atoms with Gasteiger partial charge in [0.15, 0.2) is 0 Å². The standard InChI is InChI=1S/C11H12N4/c1-8-5-6-10(13-7-8)15-11-4-2-3-9(12)14-11/h2-7H,1H3,(H3,12,13,14,15). The van der Waals surface area contributed by atoms with Gasteiger partial charge in [-0.2, -0.15) is 0 Å². The van der Waals surface area contributed by atoms with E-state index < -0.39 is 0 Å². The van der Waals surface area contributed by atoms with E-state index in [1.807, 2.05) is 31.2 Å².